The Bertz CT molecular complexity index is 988. The van der Waals surface area contributed by atoms with Crippen LogP contribution in [-0.2, 0) is 14.3 Å². The highest BCUT2D eigenvalue weighted by Gasteiger charge is 2.63. The molecule has 178 valence electrons. The van der Waals surface area contributed by atoms with Crippen molar-refractivity contribution in [2.24, 2.45) is 40.4 Å². The molecule has 4 aliphatic rings. The Morgan fingerprint density at radius 1 is 1.06 bits per heavy atom. The first kappa shape index (κ1) is 23.5. The topological polar surface area (TPSA) is 60.4 Å². The number of benzene rings is 1. The summed E-state index contributed by atoms with van der Waals surface area (Å²) in [5, 5.41) is 0. The van der Waals surface area contributed by atoms with E-state index in [2.05, 4.69) is 36.4 Å². The molecule has 4 saturated carbocycles. The van der Waals surface area contributed by atoms with Gasteiger partial charge in [0.1, 0.15) is 17.7 Å². The minimum Gasteiger partial charge on any atom is -0.459 e. The Hall–Kier alpha value is -1.24. The van der Waals surface area contributed by atoms with Gasteiger partial charge in [0.05, 0.1) is 5.56 Å². The lowest BCUT2D eigenvalue weighted by atomic mass is 9.44. The summed E-state index contributed by atoms with van der Waals surface area (Å²) in [6.45, 7) is 6.27. The largest absolute Gasteiger partial charge is 0.459 e. The number of hydrogen-bond acceptors (Lipinski definition) is 4. The second kappa shape index (κ2) is 8.46. The molecule has 0 N–H and O–H groups in total. The van der Waals surface area contributed by atoms with Gasteiger partial charge in [-0.25, -0.2) is 4.79 Å². The van der Waals surface area contributed by atoms with E-state index < -0.39 is 0 Å². The SMILES string of the molecule is CC(=O)[C@@H]1CC[C@@H]2[C@H]3CC[C@H]4C[C@H](OC(=O)c5cccc(I)c5)CC[C@]4(C)[C@H]3C(=O)C[C@@]21C. The molecule has 1 aromatic rings. The van der Waals surface area contributed by atoms with E-state index in [1.807, 2.05) is 24.3 Å². The third kappa shape index (κ3) is 3.81. The minimum absolute atomic E-state index is 0.0132. The van der Waals surface area contributed by atoms with Crippen molar-refractivity contribution >= 4 is 40.1 Å². The molecule has 0 saturated heterocycles. The van der Waals surface area contributed by atoms with E-state index >= 15 is 0 Å². The van der Waals surface area contributed by atoms with E-state index in [0.717, 1.165) is 48.5 Å². The number of carbonyl (C=O) groups excluding carboxylic acids is 3. The summed E-state index contributed by atoms with van der Waals surface area (Å²) < 4.78 is 6.98. The van der Waals surface area contributed by atoms with Gasteiger partial charge in [0, 0.05) is 21.8 Å². The second-order valence-electron chi connectivity index (χ2n) is 11.7. The molecule has 0 unspecified atom stereocenters. The Morgan fingerprint density at radius 3 is 2.58 bits per heavy atom. The van der Waals surface area contributed by atoms with Gasteiger partial charge < -0.3 is 4.74 Å². The van der Waals surface area contributed by atoms with Gasteiger partial charge in [-0.1, -0.05) is 19.9 Å². The minimum atomic E-state index is -0.235. The molecular weight excluding hydrogens is 527 g/mol. The van der Waals surface area contributed by atoms with Crippen LogP contribution in [0, 0.1) is 44.0 Å². The number of ether oxygens (including phenoxy) is 1. The molecular formula is C28H35IO4. The first-order chi connectivity index (χ1) is 15.6. The van der Waals surface area contributed by atoms with Crippen molar-refractivity contribution in [1.29, 1.82) is 0 Å². The Kier molecular flexibility index (Phi) is 6.02. The lowest BCUT2D eigenvalue weighted by Gasteiger charge is -2.59. The Morgan fingerprint density at radius 2 is 1.85 bits per heavy atom. The van der Waals surface area contributed by atoms with Crippen LogP contribution in [0.15, 0.2) is 24.3 Å². The second-order valence-corrected chi connectivity index (χ2v) is 13.0. The first-order valence-electron chi connectivity index (χ1n) is 12.6. The molecule has 0 radical (unpaired) electrons. The van der Waals surface area contributed by atoms with E-state index in [0.29, 0.717) is 35.5 Å². The molecule has 4 nitrogen and oxygen atoms in total. The van der Waals surface area contributed by atoms with Crippen molar-refractivity contribution in [3.8, 4) is 0 Å². The maximum atomic E-state index is 13.7. The molecule has 33 heavy (non-hydrogen) atoms. The molecule has 4 aliphatic carbocycles. The molecule has 0 bridgehead atoms. The van der Waals surface area contributed by atoms with Gasteiger partial charge in [-0.15, -0.1) is 0 Å². The first-order valence-corrected chi connectivity index (χ1v) is 13.7. The molecule has 0 amide bonds. The number of rotatable bonds is 3. The van der Waals surface area contributed by atoms with Crippen LogP contribution >= 0.6 is 22.6 Å². The van der Waals surface area contributed by atoms with Crippen LogP contribution in [0.3, 0.4) is 0 Å². The van der Waals surface area contributed by atoms with Gasteiger partial charge in [0.2, 0.25) is 0 Å². The summed E-state index contributed by atoms with van der Waals surface area (Å²) in [5.41, 5.74) is 0.454. The predicted octanol–water partition coefficient (Wildman–Crippen LogP) is 6.24. The van der Waals surface area contributed by atoms with E-state index in [-0.39, 0.29) is 40.5 Å². The van der Waals surface area contributed by atoms with Crippen molar-refractivity contribution in [3.63, 3.8) is 0 Å². The maximum absolute atomic E-state index is 13.7. The lowest BCUT2D eigenvalue weighted by molar-refractivity contribution is -0.162. The van der Waals surface area contributed by atoms with Crippen molar-refractivity contribution < 1.29 is 19.1 Å². The fourth-order valence-corrected chi connectivity index (χ4v) is 9.19. The summed E-state index contributed by atoms with van der Waals surface area (Å²) in [6, 6.07) is 7.54. The zero-order chi connectivity index (χ0) is 23.5. The van der Waals surface area contributed by atoms with Crippen LogP contribution in [0.2, 0.25) is 0 Å². The van der Waals surface area contributed by atoms with Gasteiger partial charge in [0.25, 0.3) is 0 Å². The average Bonchev–Trinajstić information content (AvgIpc) is 3.10. The summed E-state index contributed by atoms with van der Waals surface area (Å²) >= 11 is 2.21. The van der Waals surface area contributed by atoms with Crippen LogP contribution in [-0.4, -0.2) is 23.6 Å². The van der Waals surface area contributed by atoms with Crippen LogP contribution < -0.4 is 0 Å². The smallest absolute Gasteiger partial charge is 0.338 e. The summed E-state index contributed by atoms with van der Waals surface area (Å²) in [5.74, 6) is 1.90. The number of halogens is 1. The van der Waals surface area contributed by atoms with Crippen molar-refractivity contribution in [2.75, 3.05) is 0 Å². The van der Waals surface area contributed by atoms with Crippen molar-refractivity contribution in [2.45, 2.75) is 78.2 Å². The maximum Gasteiger partial charge on any atom is 0.338 e. The van der Waals surface area contributed by atoms with Crippen molar-refractivity contribution in [3.05, 3.63) is 33.4 Å². The Labute approximate surface area is 210 Å². The highest BCUT2D eigenvalue weighted by Crippen LogP contribution is 2.66. The van der Waals surface area contributed by atoms with Gasteiger partial charge >= 0.3 is 5.97 Å². The number of carbonyl (C=O) groups is 3. The molecule has 0 heterocycles. The van der Waals surface area contributed by atoms with Gasteiger partial charge in [-0.05, 0) is 121 Å². The van der Waals surface area contributed by atoms with Crippen LogP contribution in [0.25, 0.3) is 0 Å². The van der Waals surface area contributed by atoms with Gasteiger partial charge in [0.15, 0.2) is 0 Å². The van der Waals surface area contributed by atoms with E-state index in [1.54, 1.807) is 6.92 Å². The number of Topliss-reactive ketones (excluding diaryl/α,β-unsaturated/α-hetero) is 2. The highest BCUT2D eigenvalue weighted by atomic mass is 127. The summed E-state index contributed by atoms with van der Waals surface area (Å²) in [6.07, 6.45) is 7.33. The van der Waals surface area contributed by atoms with E-state index in [1.165, 1.54) is 0 Å². The fraction of sp³-hybridized carbons (Fsp3) is 0.679. The number of esters is 1. The third-order valence-corrected chi connectivity index (χ3v) is 10.8. The lowest BCUT2D eigenvalue weighted by Crippen LogP contribution is -2.58. The number of ketones is 2. The van der Waals surface area contributed by atoms with Crippen LogP contribution in [0.5, 0.6) is 0 Å². The van der Waals surface area contributed by atoms with Crippen LogP contribution in [0.1, 0.15) is 82.5 Å². The summed E-state index contributed by atoms with van der Waals surface area (Å²) in [4.78, 5) is 38.8. The Balaban J connectivity index is 1.32. The molecule has 4 fully saturated rings. The quantitative estimate of drug-likeness (QED) is 0.323. The van der Waals surface area contributed by atoms with Gasteiger partial charge in [-0.3, -0.25) is 9.59 Å². The molecule has 8 atom stereocenters. The van der Waals surface area contributed by atoms with Crippen molar-refractivity contribution in [1.82, 2.24) is 0 Å². The normalized spacial score (nSPS) is 42.1. The molecule has 1 aromatic carbocycles. The fourth-order valence-electron chi connectivity index (χ4n) is 8.64. The zero-order valence-corrected chi connectivity index (χ0v) is 22.1. The standard InChI is InChI=1S/C28H35IO4/c1-16(30)22-9-10-23-21-8-7-18-14-20(33-26(32)17-5-4-6-19(29)13-17)11-12-27(18,2)25(21)24(31)15-28(22,23)3/h4-6,13,18,20-23,25H,7-12,14-15H2,1-3H3/t18-,20+,21+,22-,23+,25+,27-,28+/m0/s1. The predicted molar refractivity (Wildman–Crippen MR) is 135 cm³/mol. The molecule has 0 aliphatic heterocycles. The van der Waals surface area contributed by atoms with E-state index in [4.69, 9.17) is 4.74 Å². The number of hydrogen-bond donors (Lipinski definition) is 0. The third-order valence-electron chi connectivity index (χ3n) is 10.1. The number of fused-ring (bicyclic) bond motifs is 5. The average molecular weight is 562 g/mol. The van der Waals surface area contributed by atoms with Gasteiger partial charge in [-0.2, -0.15) is 0 Å². The summed E-state index contributed by atoms with van der Waals surface area (Å²) in [7, 11) is 0. The zero-order valence-electron chi connectivity index (χ0n) is 19.9. The van der Waals surface area contributed by atoms with E-state index in [9.17, 15) is 14.4 Å². The molecule has 5 heteroatoms. The molecule has 0 spiro atoms. The molecule has 0 aromatic heterocycles. The monoisotopic (exact) mass is 562 g/mol. The molecule has 5 rings (SSSR count). The highest BCUT2D eigenvalue weighted by molar-refractivity contribution is 14.1. The van der Waals surface area contributed by atoms with Crippen LogP contribution in [0.4, 0.5) is 0 Å².